The van der Waals surface area contributed by atoms with E-state index in [0.29, 0.717) is 42.5 Å². The molecule has 28 heavy (non-hydrogen) atoms. The van der Waals surface area contributed by atoms with E-state index in [4.69, 9.17) is 0 Å². The second kappa shape index (κ2) is 6.10. The molecule has 144 valence electrons. The molecule has 0 aliphatic carbocycles. The highest BCUT2D eigenvalue weighted by Crippen LogP contribution is 2.28. The van der Waals surface area contributed by atoms with Gasteiger partial charge in [-0.2, -0.15) is 9.61 Å². The Morgan fingerprint density at radius 3 is 3.00 bits per heavy atom. The predicted molar refractivity (Wildman–Crippen MR) is 105 cm³/mol. The Hall–Kier alpha value is -3.33. The number of aromatic nitrogens is 3. The molecule has 0 unspecified atom stereocenters. The number of allylic oxidation sites excluding steroid dienone is 2. The van der Waals surface area contributed by atoms with Crippen molar-refractivity contribution in [3.8, 4) is 0 Å². The lowest BCUT2D eigenvalue weighted by molar-refractivity contribution is 0.0766. The van der Waals surface area contributed by atoms with Crippen LogP contribution < -0.4 is 10.6 Å². The van der Waals surface area contributed by atoms with Gasteiger partial charge in [-0.3, -0.25) is 4.79 Å². The average molecular weight is 379 g/mol. The van der Waals surface area contributed by atoms with Gasteiger partial charge in [0.05, 0.1) is 18.0 Å². The van der Waals surface area contributed by atoms with Crippen LogP contribution in [0.2, 0.25) is 0 Å². The number of amides is 1. The third-order valence-corrected chi connectivity index (χ3v) is 5.47. The number of hydrogen-bond acceptors (Lipinski definition) is 7. The summed E-state index contributed by atoms with van der Waals surface area (Å²) in [6.07, 6.45) is 6.77. The smallest absolute Gasteiger partial charge is 0.259 e. The van der Waals surface area contributed by atoms with Gasteiger partial charge in [-0.05, 0) is 12.2 Å². The lowest BCUT2D eigenvalue weighted by atomic mass is 10.1. The standard InChI is InChI=1S/C19H21N7O2/c1-11-3-4-13-9-24(11)7-12-8-25(10-15(12)27)19(28)14-6-21-26-17(20-2)5-16(22-13)23-18(14)26/h3-6,9,12,15,20,27H,1,7-8,10H2,2H3,(H,22,23)/t12-,15+/m0/s1. The number of hydrogen-bond donors (Lipinski definition) is 3. The highest BCUT2D eigenvalue weighted by molar-refractivity contribution is 6.00. The summed E-state index contributed by atoms with van der Waals surface area (Å²) in [4.78, 5) is 21.5. The van der Waals surface area contributed by atoms with Gasteiger partial charge in [0, 0.05) is 50.6 Å². The first-order valence-electron chi connectivity index (χ1n) is 9.20. The van der Waals surface area contributed by atoms with E-state index in [2.05, 4.69) is 27.3 Å². The molecule has 3 aliphatic heterocycles. The maximum absolute atomic E-state index is 13.1. The van der Waals surface area contributed by atoms with Crippen molar-refractivity contribution in [2.24, 2.45) is 5.92 Å². The molecule has 9 heteroatoms. The molecular weight excluding hydrogens is 358 g/mol. The number of nitrogens with zero attached hydrogens (tertiary/aromatic N) is 5. The number of fused-ring (bicyclic) bond motifs is 4. The first-order valence-corrected chi connectivity index (χ1v) is 9.20. The van der Waals surface area contributed by atoms with Gasteiger partial charge in [-0.15, -0.1) is 0 Å². The van der Waals surface area contributed by atoms with Crippen molar-refractivity contribution < 1.29 is 9.90 Å². The molecule has 5 rings (SSSR count). The Morgan fingerprint density at radius 2 is 2.18 bits per heavy atom. The van der Waals surface area contributed by atoms with Crippen molar-refractivity contribution in [2.75, 3.05) is 37.3 Å². The van der Waals surface area contributed by atoms with Crippen molar-refractivity contribution in [1.82, 2.24) is 24.4 Å². The number of rotatable bonds is 1. The molecule has 0 spiro atoms. The minimum atomic E-state index is -0.589. The zero-order valence-electron chi connectivity index (χ0n) is 15.5. The second-order valence-corrected chi connectivity index (χ2v) is 7.29. The summed E-state index contributed by atoms with van der Waals surface area (Å²) >= 11 is 0. The molecule has 9 nitrogen and oxygen atoms in total. The molecule has 0 aromatic carbocycles. The Balaban J connectivity index is 1.69. The van der Waals surface area contributed by atoms with Crippen LogP contribution in [-0.4, -0.2) is 68.2 Å². The van der Waals surface area contributed by atoms with E-state index in [1.165, 1.54) is 6.20 Å². The normalized spacial score (nSPS) is 24.0. The van der Waals surface area contributed by atoms with Gasteiger partial charge < -0.3 is 25.5 Å². The van der Waals surface area contributed by atoms with Crippen LogP contribution in [0.15, 0.2) is 48.6 Å². The van der Waals surface area contributed by atoms with Crippen LogP contribution >= 0.6 is 0 Å². The molecule has 1 fully saturated rings. The highest BCUT2D eigenvalue weighted by atomic mass is 16.3. The summed E-state index contributed by atoms with van der Waals surface area (Å²) < 4.78 is 1.61. The van der Waals surface area contributed by atoms with Crippen molar-refractivity contribution >= 4 is 23.2 Å². The molecule has 1 saturated heterocycles. The van der Waals surface area contributed by atoms with Crippen LogP contribution in [0.25, 0.3) is 5.65 Å². The van der Waals surface area contributed by atoms with Gasteiger partial charge in [-0.1, -0.05) is 6.58 Å². The van der Waals surface area contributed by atoms with Gasteiger partial charge in [0.25, 0.3) is 5.91 Å². The molecule has 2 atom stereocenters. The minimum absolute atomic E-state index is 0.0690. The number of nitrogens with one attached hydrogen (secondary N) is 2. The Bertz CT molecular complexity index is 1050. The molecule has 6 bridgehead atoms. The van der Waals surface area contributed by atoms with Gasteiger partial charge >= 0.3 is 0 Å². The van der Waals surface area contributed by atoms with Crippen molar-refractivity contribution in [2.45, 2.75) is 6.10 Å². The zero-order valence-corrected chi connectivity index (χ0v) is 15.5. The number of carbonyl (C=O) groups excluding carboxylic acids is 1. The molecule has 0 radical (unpaired) electrons. The third-order valence-electron chi connectivity index (χ3n) is 5.47. The van der Waals surface area contributed by atoms with Crippen LogP contribution in [-0.2, 0) is 0 Å². The van der Waals surface area contributed by atoms with Gasteiger partial charge in [0.1, 0.15) is 17.2 Å². The molecule has 2 aromatic heterocycles. The van der Waals surface area contributed by atoms with E-state index in [0.717, 1.165) is 11.4 Å². The fourth-order valence-electron chi connectivity index (χ4n) is 3.95. The molecule has 1 amide bonds. The van der Waals surface area contributed by atoms with Crippen molar-refractivity contribution in [1.29, 1.82) is 0 Å². The molecule has 5 heterocycles. The Morgan fingerprint density at radius 1 is 1.32 bits per heavy atom. The lowest BCUT2D eigenvalue weighted by Crippen LogP contribution is -2.32. The van der Waals surface area contributed by atoms with E-state index in [9.17, 15) is 9.90 Å². The van der Waals surface area contributed by atoms with Gasteiger partial charge in [0.2, 0.25) is 0 Å². The summed E-state index contributed by atoms with van der Waals surface area (Å²) in [5.74, 6) is 1.08. The fraction of sp³-hybridized carbons (Fsp3) is 0.316. The predicted octanol–water partition coefficient (Wildman–Crippen LogP) is 0.856. The average Bonchev–Trinajstić information content (AvgIpc) is 3.26. The summed E-state index contributed by atoms with van der Waals surface area (Å²) in [6, 6.07) is 1.84. The van der Waals surface area contributed by atoms with Crippen molar-refractivity contribution in [3.63, 3.8) is 0 Å². The monoisotopic (exact) mass is 379 g/mol. The van der Waals surface area contributed by atoms with Crippen LogP contribution in [0.4, 0.5) is 11.6 Å². The maximum atomic E-state index is 13.1. The highest BCUT2D eigenvalue weighted by Gasteiger charge is 2.37. The van der Waals surface area contributed by atoms with E-state index < -0.39 is 6.10 Å². The lowest BCUT2D eigenvalue weighted by Gasteiger charge is -2.29. The molecule has 2 aromatic rings. The first-order chi connectivity index (χ1) is 13.5. The van der Waals surface area contributed by atoms with Crippen LogP contribution in [0.3, 0.4) is 0 Å². The summed E-state index contributed by atoms with van der Waals surface area (Å²) in [5, 5.41) is 21.3. The summed E-state index contributed by atoms with van der Waals surface area (Å²) in [6.45, 7) is 5.43. The fourth-order valence-corrected chi connectivity index (χ4v) is 3.95. The second-order valence-electron chi connectivity index (χ2n) is 7.29. The number of carbonyl (C=O) groups is 1. The molecule has 3 N–H and O–H groups in total. The van der Waals surface area contributed by atoms with Gasteiger partial charge in [-0.25, -0.2) is 4.98 Å². The zero-order chi connectivity index (χ0) is 19.4. The summed E-state index contributed by atoms with van der Waals surface area (Å²) in [5.41, 5.74) is 2.58. The van der Waals surface area contributed by atoms with Crippen LogP contribution in [0.1, 0.15) is 10.4 Å². The van der Waals surface area contributed by atoms with E-state index in [-0.39, 0.29) is 11.8 Å². The number of aliphatic hydroxyl groups is 1. The van der Waals surface area contributed by atoms with Crippen LogP contribution in [0, 0.1) is 5.92 Å². The van der Waals surface area contributed by atoms with E-state index in [1.54, 1.807) is 16.5 Å². The summed E-state index contributed by atoms with van der Waals surface area (Å²) in [7, 11) is 1.79. The quantitative estimate of drug-likeness (QED) is 0.676. The Kier molecular flexibility index (Phi) is 3.66. The maximum Gasteiger partial charge on any atom is 0.259 e. The van der Waals surface area contributed by atoms with E-state index >= 15 is 0 Å². The van der Waals surface area contributed by atoms with Crippen molar-refractivity contribution in [3.05, 3.63) is 54.2 Å². The molecular formula is C19H21N7O2. The minimum Gasteiger partial charge on any atom is -0.391 e. The van der Waals surface area contributed by atoms with Gasteiger partial charge in [0.15, 0.2) is 5.65 Å². The molecule has 3 aliphatic rings. The topological polar surface area (TPSA) is 98.0 Å². The number of aliphatic hydroxyl groups excluding tert-OH is 1. The molecule has 0 saturated carbocycles. The van der Waals surface area contributed by atoms with E-state index in [1.807, 2.05) is 29.3 Å². The third kappa shape index (κ3) is 2.55. The van der Waals surface area contributed by atoms with Crippen LogP contribution in [0.5, 0.6) is 0 Å². The first kappa shape index (κ1) is 16.8. The largest absolute Gasteiger partial charge is 0.391 e. The SMILES string of the molecule is C=C1C=CC2=CN1C[C@H]1CN(C[C@H]1O)C(=O)c1cnn3c(NC)cc(nc13)N2. The Labute approximate surface area is 161 Å². The number of anilines is 2.